The molecule has 5 nitrogen and oxygen atoms in total. The monoisotopic (exact) mass is 302 g/mol. The molecule has 22 heavy (non-hydrogen) atoms. The molecule has 1 N–H and O–H groups in total. The van der Waals surface area contributed by atoms with Gasteiger partial charge in [-0.25, -0.2) is 0 Å². The van der Waals surface area contributed by atoms with Crippen LogP contribution in [0.1, 0.15) is 24.8 Å². The van der Waals surface area contributed by atoms with E-state index in [1.54, 1.807) is 4.90 Å². The first-order chi connectivity index (χ1) is 10.6. The summed E-state index contributed by atoms with van der Waals surface area (Å²) in [5.74, 6) is -1.08. The number of amides is 1. The maximum Gasteiger partial charge on any atom is 0.308 e. The number of carboxylic acid groups (broad SMARTS) is 1. The van der Waals surface area contributed by atoms with E-state index in [0.717, 1.165) is 25.9 Å². The van der Waals surface area contributed by atoms with Gasteiger partial charge in [0.15, 0.2) is 0 Å². The molecule has 0 saturated carbocycles. The Labute approximate surface area is 130 Å². The first-order valence-electron chi connectivity index (χ1n) is 7.94. The maximum absolute atomic E-state index is 12.7. The lowest BCUT2D eigenvalue weighted by atomic mass is 10.1. The fraction of sp³-hybridized carbons (Fsp3) is 0.529. The summed E-state index contributed by atoms with van der Waals surface area (Å²) >= 11 is 0. The molecular weight excluding hydrogens is 280 g/mol. The van der Waals surface area contributed by atoms with Crippen LogP contribution in [0.2, 0.25) is 0 Å². The normalized spacial score (nSPS) is 25.5. The molecule has 1 amide bonds. The topological polar surface area (TPSA) is 60.9 Å². The van der Waals surface area contributed by atoms with Crippen molar-refractivity contribution in [1.82, 2.24) is 9.80 Å². The standard InChI is InChI=1S/C17H22N2O3/c20-16(19-10-8-14(12-19)17(21)22)15-7-4-9-18(15)11-13-5-2-1-3-6-13/h1-3,5-6,14-15H,4,7-12H2,(H,21,22). The molecule has 2 aliphatic heterocycles. The second-order valence-corrected chi connectivity index (χ2v) is 6.22. The molecule has 1 aromatic carbocycles. The van der Waals surface area contributed by atoms with Crippen molar-refractivity contribution in [2.24, 2.45) is 5.92 Å². The smallest absolute Gasteiger partial charge is 0.308 e. The molecule has 2 aliphatic rings. The van der Waals surface area contributed by atoms with Crippen LogP contribution in [-0.4, -0.2) is 52.5 Å². The summed E-state index contributed by atoms with van der Waals surface area (Å²) in [5, 5.41) is 9.08. The van der Waals surface area contributed by atoms with E-state index in [1.807, 2.05) is 18.2 Å². The van der Waals surface area contributed by atoms with Crippen LogP contribution >= 0.6 is 0 Å². The van der Waals surface area contributed by atoms with Crippen LogP contribution in [-0.2, 0) is 16.1 Å². The minimum atomic E-state index is -0.789. The largest absolute Gasteiger partial charge is 0.481 e. The van der Waals surface area contributed by atoms with Crippen molar-refractivity contribution in [1.29, 1.82) is 0 Å². The number of carbonyl (C=O) groups excluding carboxylic acids is 1. The van der Waals surface area contributed by atoms with Crippen molar-refractivity contribution in [3.05, 3.63) is 35.9 Å². The van der Waals surface area contributed by atoms with E-state index >= 15 is 0 Å². The molecule has 0 aliphatic carbocycles. The molecule has 2 atom stereocenters. The summed E-state index contributed by atoms with van der Waals surface area (Å²) < 4.78 is 0. The molecule has 3 rings (SSSR count). The van der Waals surface area contributed by atoms with Crippen LogP contribution in [0.3, 0.4) is 0 Å². The van der Waals surface area contributed by atoms with Gasteiger partial charge >= 0.3 is 5.97 Å². The molecule has 2 heterocycles. The van der Waals surface area contributed by atoms with Crippen LogP contribution in [0.5, 0.6) is 0 Å². The Hall–Kier alpha value is -1.88. The summed E-state index contributed by atoms with van der Waals surface area (Å²) in [7, 11) is 0. The van der Waals surface area contributed by atoms with Crippen molar-refractivity contribution in [3.8, 4) is 0 Å². The van der Waals surface area contributed by atoms with Gasteiger partial charge in [0.1, 0.15) is 0 Å². The number of carboxylic acids is 1. The first kappa shape index (κ1) is 15.0. The zero-order valence-corrected chi connectivity index (χ0v) is 12.6. The van der Waals surface area contributed by atoms with Crippen LogP contribution < -0.4 is 0 Å². The van der Waals surface area contributed by atoms with Gasteiger partial charge in [0.05, 0.1) is 12.0 Å². The highest BCUT2D eigenvalue weighted by Gasteiger charge is 2.38. The molecular formula is C17H22N2O3. The van der Waals surface area contributed by atoms with Gasteiger partial charge in [0, 0.05) is 19.6 Å². The number of rotatable bonds is 4. The van der Waals surface area contributed by atoms with Gasteiger partial charge in [-0.3, -0.25) is 14.5 Å². The number of hydrogen-bond donors (Lipinski definition) is 1. The second kappa shape index (κ2) is 6.48. The Morgan fingerprint density at radius 3 is 2.59 bits per heavy atom. The van der Waals surface area contributed by atoms with Crippen molar-refractivity contribution in [2.45, 2.75) is 31.8 Å². The number of nitrogens with zero attached hydrogens (tertiary/aromatic N) is 2. The summed E-state index contributed by atoms with van der Waals surface area (Å²) in [6.07, 6.45) is 2.48. The van der Waals surface area contributed by atoms with E-state index in [2.05, 4.69) is 17.0 Å². The van der Waals surface area contributed by atoms with Gasteiger partial charge in [-0.05, 0) is 31.4 Å². The van der Waals surface area contributed by atoms with E-state index < -0.39 is 11.9 Å². The SMILES string of the molecule is O=C(O)C1CCN(C(=O)C2CCCN2Cc2ccccc2)C1. The third-order valence-corrected chi connectivity index (χ3v) is 4.73. The fourth-order valence-corrected chi connectivity index (χ4v) is 3.49. The summed E-state index contributed by atoms with van der Waals surface area (Å²) in [6, 6.07) is 10.1. The molecule has 0 radical (unpaired) electrons. The molecule has 1 aromatic rings. The highest BCUT2D eigenvalue weighted by molar-refractivity contribution is 5.83. The number of hydrogen-bond acceptors (Lipinski definition) is 3. The van der Waals surface area contributed by atoms with Crippen molar-refractivity contribution in [3.63, 3.8) is 0 Å². The van der Waals surface area contributed by atoms with Crippen LogP contribution in [0, 0.1) is 5.92 Å². The zero-order valence-electron chi connectivity index (χ0n) is 12.6. The van der Waals surface area contributed by atoms with Gasteiger partial charge in [0.25, 0.3) is 0 Å². The number of likely N-dealkylation sites (tertiary alicyclic amines) is 2. The zero-order chi connectivity index (χ0) is 15.5. The van der Waals surface area contributed by atoms with Crippen molar-refractivity contribution >= 4 is 11.9 Å². The van der Waals surface area contributed by atoms with E-state index in [9.17, 15) is 9.59 Å². The lowest BCUT2D eigenvalue weighted by Gasteiger charge is -2.27. The minimum absolute atomic E-state index is 0.0900. The Morgan fingerprint density at radius 2 is 1.91 bits per heavy atom. The first-order valence-corrected chi connectivity index (χ1v) is 7.94. The van der Waals surface area contributed by atoms with Gasteiger partial charge in [-0.2, -0.15) is 0 Å². The molecule has 0 bridgehead atoms. The fourth-order valence-electron chi connectivity index (χ4n) is 3.49. The predicted octanol–water partition coefficient (Wildman–Crippen LogP) is 1.58. The quantitative estimate of drug-likeness (QED) is 0.917. The number of carbonyl (C=O) groups is 2. The molecule has 0 aromatic heterocycles. The van der Waals surface area contributed by atoms with Crippen molar-refractivity contribution in [2.75, 3.05) is 19.6 Å². The van der Waals surface area contributed by atoms with Crippen LogP contribution in [0.25, 0.3) is 0 Å². The predicted molar refractivity (Wildman–Crippen MR) is 82.2 cm³/mol. The van der Waals surface area contributed by atoms with Gasteiger partial charge in [-0.1, -0.05) is 30.3 Å². The van der Waals surface area contributed by atoms with Crippen molar-refractivity contribution < 1.29 is 14.7 Å². The number of aliphatic carboxylic acids is 1. The highest BCUT2D eigenvalue weighted by Crippen LogP contribution is 2.25. The third kappa shape index (κ3) is 3.14. The van der Waals surface area contributed by atoms with Gasteiger partial charge in [-0.15, -0.1) is 0 Å². The van der Waals surface area contributed by atoms with E-state index in [1.165, 1.54) is 5.56 Å². The lowest BCUT2D eigenvalue weighted by Crippen LogP contribution is -2.44. The van der Waals surface area contributed by atoms with Crippen LogP contribution in [0.15, 0.2) is 30.3 Å². The summed E-state index contributed by atoms with van der Waals surface area (Å²) in [4.78, 5) is 27.7. The average molecular weight is 302 g/mol. The molecule has 118 valence electrons. The highest BCUT2D eigenvalue weighted by atomic mass is 16.4. The average Bonchev–Trinajstić information content (AvgIpc) is 3.17. The molecule has 5 heteroatoms. The Kier molecular flexibility index (Phi) is 4.43. The molecule has 2 saturated heterocycles. The van der Waals surface area contributed by atoms with Gasteiger partial charge in [0.2, 0.25) is 5.91 Å². The van der Waals surface area contributed by atoms with E-state index in [-0.39, 0.29) is 11.9 Å². The minimum Gasteiger partial charge on any atom is -0.481 e. The van der Waals surface area contributed by atoms with E-state index in [0.29, 0.717) is 19.5 Å². The Balaban J connectivity index is 1.63. The second-order valence-electron chi connectivity index (χ2n) is 6.22. The maximum atomic E-state index is 12.7. The molecule has 2 unspecified atom stereocenters. The van der Waals surface area contributed by atoms with Crippen LogP contribution in [0.4, 0.5) is 0 Å². The summed E-state index contributed by atoms with van der Waals surface area (Å²) in [5.41, 5.74) is 1.21. The number of benzene rings is 1. The Bertz CT molecular complexity index is 546. The molecule has 0 spiro atoms. The van der Waals surface area contributed by atoms with E-state index in [4.69, 9.17) is 5.11 Å². The summed E-state index contributed by atoms with van der Waals surface area (Å²) in [6.45, 7) is 2.66. The Morgan fingerprint density at radius 1 is 1.14 bits per heavy atom. The third-order valence-electron chi connectivity index (χ3n) is 4.73. The van der Waals surface area contributed by atoms with Gasteiger partial charge < -0.3 is 10.0 Å². The molecule has 2 fully saturated rings. The lowest BCUT2D eigenvalue weighted by molar-refractivity contribution is -0.141.